The summed E-state index contributed by atoms with van der Waals surface area (Å²) in [6, 6.07) is 10.9. The highest BCUT2D eigenvalue weighted by molar-refractivity contribution is 8.14. The summed E-state index contributed by atoms with van der Waals surface area (Å²) < 4.78 is 0. The summed E-state index contributed by atoms with van der Waals surface area (Å²) in [5.74, 6) is 1.21. The zero-order valence-corrected chi connectivity index (χ0v) is 12.1. The van der Waals surface area contributed by atoms with Gasteiger partial charge in [0.1, 0.15) is 0 Å². The fourth-order valence-corrected chi connectivity index (χ4v) is 3.00. The van der Waals surface area contributed by atoms with Gasteiger partial charge >= 0.3 is 0 Å². The van der Waals surface area contributed by atoms with Crippen LogP contribution in [-0.4, -0.2) is 40.6 Å². The molecule has 3 rings (SSSR count). The Labute approximate surface area is 119 Å². The number of rotatable bonds is 1. The molecule has 0 bridgehead atoms. The standard InChI is InChI=1S/C11H12N2S.C2H6O.ClH/c1-2-4-9(5-3-1)10-8-13-6-7-14-11(13)12-10;1-2-3;/h1-5,10H,6-8H2;3H,2H2,1H3;1H/t10-;;/m1../s1. The smallest absolute Gasteiger partial charge is 0.160 e. The normalized spacial score (nSPS) is 20.4. The first-order valence-corrected chi connectivity index (χ1v) is 6.95. The van der Waals surface area contributed by atoms with Gasteiger partial charge in [0, 0.05) is 25.4 Å². The Hall–Kier alpha value is -0.710. The predicted molar refractivity (Wildman–Crippen MR) is 80.7 cm³/mol. The van der Waals surface area contributed by atoms with E-state index in [1.807, 2.05) is 11.8 Å². The molecule has 2 aliphatic heterocycles. The Bertz CT molecular complexity index is 386. The van der Waals surface area contributed by atoms with Crippen molar-refractivity contribution in [3.63, 3.8) is 0 Å². The average Bonchev–Trinajstić information content (AvgIpc) is 2.91. The van der Waals surface area contributed by atoms with Crippen molar-refractivity contribution in [1.29, 1.82) is 0 Å². The van der Waals surface area contributed by atoms with Crippen LogP contribution in [0.3, 0.4) is 0 Å². The molecule has 1 aromatic carbocycles. The molecule has 0 amide bonds. The number of aliphatic hydroxyl groups excluding tert-OH is 1. The van der Waals surface area contributed by atoms with Crippen molar-refractivity contribution < 1.29 is 5.11 Å². The van der Waals surface area contributed by atoms with E-state index >= 15 is 0 Å². The lowest BCUT2D eigenvalue weighted by molar-refractivity contribution is 0.318. The zero-order chi connectivity index (χ0) is 12.1. The fraction of sp³-hybridized carbons (Fsp3) is 0.462. The van der Waals surface area contributed by atoms with Crippen LogP contribution in [0.15, 0.2) is 35.3 Å². The van der Waals surface area contributed by atoms with Crippen LogP contribution in [0.5, 0.6) is 0 Å². The molecule has 3 nitrogen and oxygen atoms in total. The van der Waals surface area contributed by atoms with E-state index in [4.69, 9.17) is 10.1 Å². The molecular weight excluding hydrogens is 268 g/mol. The summed E-state index contributed by atoms with van der Waals surface area (Å²) in [5, 5.41) is 8.82. The van der Waals surface area contributed by atoms with Crippen molar-refractivity contribution in [3.8, 4) is 0 Å². The molecule has 18 heavy (non-hydrogen) atoms. The van der Waals surface area contributed by atoms with Gasteiger partial charge < -0.3 is 10.0 Å². The molecule has 0 spiro atoms. The second-order valence-electron chi connectivity index (χ2n) is 3.95. The van der Waals surface area contributed by atoms with Gasteiger partial charge in [-0.1, -0.05) is 42.1 Å². The van der Waals surface area contributed by atoms with Crippen LogP contribution in [0.25, 0.3) is 0 Å². The minimum atomic E-state index is 0. The molecule has 1 fully saturated rings. The quantitative estimate of drug-likeness (QED) is 0.862. The molecule has 1 N–H and O–H groups in total. The predicted octanol–water partition coefficient (Wildman–Crippen LogP) is 2.57. The molecule has 5 heteroatoms. The second kappa shape index (κ2) is 7.67. The first-order chi connectivity index (χ1) is 8.35. The van der Waals surface area contributed by atoms with Crippen LogP contribution in [0.4, 0.5) is 0 Å². The number of aliphatic imine (C=N–C) groups is 1. The van der Waals surface area contributed by atoms with Crippen LogP contribution in [-0.2, 0) is 0 Å². The van der Waals surface area contributed by atoms with E-state index in [1.165, 1.54) is 23.0 Å². The summed E-state index contributed by atoms with van der Waals surface area (Å²) in [6.07, 6.45) is 0. The number of benzene rings is 1. The Morgan fingerprint density at radius 1 is 1.39 bits per heavy atom. The monoisotopic (exact) mass is 286 g/mol. The molecule has 0 aromatic heterocycles. The molecule has 2 heterocycles. The highest BCUT2D eigenvalue weighted by atomic mass is 35.5. The summed E-state index contributed by atoms with van der Waals surface area (Å²) >= 11 is 1.89. The van der Waals surface area contributed by atoms with Gasteiger partial charge in [-0.25, -0.2) is 0 Å². The largest absolute Gasteiger partial charge is 0.397 e. The van der Waals surface area contributed by atoms with E-state index in [-0.39, 0.29) is 19.0 Å². The number of fused-ring (bicyclic) bond motifs is 1. The van der Waals surface area contributed by atoms with Gasteiger partial charge in [0.25, 0.3) is 0 Å². The maximum Gasteiger partial charge on any atom is 0.160 e. The van der Waals surface area contributed by atoms with Crippen molar-refractivity contribution in [3.05, 3.63) is 35.9 Å². The second-order valence-corrected chi connectivity index (χ2v) is 5.01. The third kappa shape index (κ3) is 3.64. The van der Waals surface area contributed by atoms with Crippen LogP contribution < -0.4 is 0 Å². The molecule has 0 unspecified atom stereocenters. The Balaban J connectivity index is 0.000000372. The van der Waals surface area contributed by atoms with Crippen molar-refractivity contribution in [1.82, 2.24) is 4.90 Å². The number of amidine groups is 1. The molecular formula is C13H19ClN2OS. The SMILES string of the molecule is CCO.Cl.c1ccc([C@H]2CN3CCSC3=N2)cc1. The number of hydrogen-bond donors (Lipinski definition) is 1. The highest BCUT2D eigenvalue weighted by Crippen LogP contribution is 2.31. The van der Waals surface area contributed by atoms with Crippen LogP contribution in [0.2, 0.25) is 0 Å². The Morgan fingerprint density at radius 3 is 2.67 bits per heavy atom. The minimum absolute atomic E-state index is 0. The molecule has 0 radical (unpaired) electrons. The van der Waals surface area contributed by atoms with Crippen LogP contribution >= 0.6 is 24.2 Å². The number of aliphatic hydroxyl groups is 1. The molecule has 0 saturated carbocycles. The molecule has 100 valence electrons. The lowest BCUT2D eigenvalue weighted by Crippen LogP contribution is -2.21. The van der Waals surface area contributed by atoms with Gasteiger partial charge in [-0.05, 0) is 12.5 Å². The average molecular weight is 287 g/mol. The first kappa shape index (κ1) is 15.3. The van der Waals surface area contributed by atoms with Gasteiger partial charge in [-0.3, -0.25) is 4.99 Å². The van der Waals surface area contributed by atoms with Crippen LogP contribution in [0.1, 0.15) is 18.5 Å². The summed E-state index contributed by atoms with van der Waals surface area (Å²) in [5.41, 5.74) is 1.34. The third-order valence-electron chi connectivity index (χ3n) is 2.71. The van der Waals surface area contributed by atoms with E-state index in [2.05, 4.69) is 35.2 Å². The van der Waals surface area contributed by atoms with Crippen molar-refractivity contribution >= 4 is 29.3 Å². The van der Waals surface area contributed by atoms with Gasteiger partial charge in [0.15, 0.2) is 5.17 Å². The number of thioether (sulfide) groups is 1. The van der Waals surface area contributed by atoms with E-state index in [9.17, 15) is 0 Å². The van der Waals surface area contributed by atoms with E-state index in [1.54, 1.807) is 6.92 Å². The van der Waals surface area contributed by atoms with Gasteiger partial charge in [0.2, 0.25) is 0 Å². The topological polar surface area (TPSA) is 35.8 Å². The van der Waals surface area contributed by atoms with Crippen molar-refractivity contribution in [2.24, 2.45) is 4.99 Å². The van der Waals surface area contributed by atoms with Gasteiger partial charge in [-0.2, -0.15) is 0 Å². The Kier molecular flexibility index (Phi) is 6.54. The fourth-order valence-electron chi connectivity index (χ4n) is 1.96. The molecule has 1 atom stereocenters. The van der Waals surface area contributed by atoms with Crippen molar-refractivity contribution in [2.75, 3.05) is 25.4 Å². The molecule has 2 aliphatic rings. The number of nitrogens with zero attached hydrogens (tertiary/aromatic N) is 2. The van der Waals surface area contributed by atoms with Gasteiger partial charge in [-0.15, -0.1) is 12.4 Å². The summed E-state index contributed by atoms with van der Waals surface area (Å²) in [7, 11) is 0. The number of hydrogen-bond acceptors (Lipinski definition) is 4. The summed E-state index contributed by atoms with van der Waals surface area (Å²) in [6.45, 7) is 4.18. The molecule has 1 aromatic rings. The third-order valence-corrected chi connectivity index (χ3v) is 3.72. The van der Waals surface area contributed by atoms with Gasteiger partial charge in [0.05, 0.1) is 6.04 Å². The lowest BCUT2D eigenvalue weighted by atomic mass is 10.1. The maximum absolute atomic E-state index is 7.57. The molecule has 1 saturated heterocycles. The summed E-state index contributed by atoms with van der Waals surface area (Å²) in [4.78, 5) is 7.12. The van der Waals surface area contributed by atoms with Crippen LogP contribution in [0, 0.1) is 0 Å². The van der Waals surface area contributed by atoms with Crippen molar-refractivity contribution in [2.45, 2.75) is 13.0 Å². The maximum atomic E-state index is 7.57. The minimum Gasteiger partial charge on any atom is -0.397 e. The zero-order valence-electron chi connectivity index (χ0n) is 10.5. The lowest BCUT2D eigenvalue weighted by Gasteiger charge is -2.12. The highest BCUT2D eigenvalue weighted by Gasteiger charge is 2.29. The molecule has 0 aliphatic carbocycles. The number of halogens is 1. The Morgan fingerprint density at radius 2 is 2.06 bits per heavy atom. The van der Waals surface area contributed by atoms with E-state index in [0.29, 0.717) is 6.04 Å². The first-order valence-electron chi connectivity index (χ1n) is 5.96. The van der Waals surface area contributed by atoms with E-state index < -0.39 is 0 Å². The van der Waals surface area contributed by atoms with E-state index in [0.717, 1.165) is 6.54 Å².